The van der Waals surface area contributed by atoms with Crippen molar-refractivity contribution >= 4 is 5.97 Å². The van der Waals surface area contributed by atoms with E-state index in [2.05, 4.69) is 26.1 Å². The van der Waals surface area contributed by atoms with Crippen molar-refractivity contribution in [1.82, 2.24) is 5.32 Å². The highest BCUT2D eigenvalue weighted by Crippen LogP contribution is 2.62. The molecule has 2 aliphatic rings. The van der Waals surface area contributed by atoms with Crippen LogP contribution in [0.4, 0.5) is 0 Å². The summed E-state index contributed by atoms with van der Waals surface area (Å²) in [5.41, 5.74) is 0.720. The number of rotatable bonds is 4. The van der Waals surface area contributed by atoms with E-state index in [9.17, 15) is 4.79 Å². The van der Waals surface area contributed by atoms with Gasteiger partial charge in [0, 0.05) is 12.6 Å². The van der Waals surface area contributed by atoms with Gasteiger partial charge in [-0.3, -0.25) is 4.79 Å². The lowest BCUT2D eigenvalue weighted by molar-refractivity contribution is -0.137. The van der Waals surface area contributed by atoms with Gasteiger partial charge in [-0.05, 0) is 36.0 Å². The van der Waals surface area contributed by atoms with Crippen LogP contribution in [0.15, 0.2) is 0 Å². The van der Waals surface area contributed by atoms with E-state index in [0.717, 1.165) is 5.92 Å². The van der Waals surface area contributed by atoms with Crippen molar-refractivity contribution in [3.63, 3.8) is 0 Å². The Kier molecular flexibility index (Phi) is 2.77. The second-order valence-electron chi connectivity index (χ2n) is 6.45. The Bertz CT molecular complexity index is 296. The van der Waals surface area contributed by atoms with Gasteiger partial charge in [0.1, 0.15) is 0 Å². The molecule has 16 heavy (non-hydrogen) atoms. The monoisotopic (exact) mass is 225 g/mol. The van der Waals surface area contributed by atoms with Crippen molar-refractivity contribution in [3.8, 4) is 0 Å². The lowest BCUT2D eigenvalue weighted by Crippen LogP contribution is -2.50. The second-order valence-corrected chi connectivity index (χ2v) is 6.45. The molecule has 2 N–H and O–H groups in total. The van der Waals surface area contributed by atoms with Gasteiger partial charge >= 0.3 is 5.97 Å². The molecule has 0 heterocycles. The van der Waals surface area contributed by atoms with Gasteiger partial charge in [0.15, 0.2) is 0 Å². The van der Waals surface area contributed by atoms with Gasteiger partial charge in [-0.15, -0.1) is 0 Å². The van der Waals surface area contributed by atoms with E-state index >= 15 is 0 Å². The lowest BCUT2D eigenvalue weighted by atomic mass is 9.68. The van der Waals surface area contributed by atoms with E-state index in [0.29, 0.717) is 23.4 Å². The van der Waals surface area contributed by atoms with Gasteiger partial charge in [0.05, 0.1) is 6.42 Å². The van der Waals surface area contributed by atoms with Gasteiger partial charge < -0.3 is 10.4 Å². The minimum absolute atomic E-state index is 0.229. The number of nitrogens with one attached hydrogen (secondary N) is 1. The Hall–Kier alpha value is -0.570. The van der Waals surface area contributed by atoms with Crippen molar-refractivity contribution < 1.29 is 9.90 Å². The molecule has 0 aromatic heterocycles. The van der Waals surface area contributed by atoms with E-state index in [1.165, 1.54) is 19.3 Å². The zero-order chi connectivity index (χ0) is 12.0. The molecule has 92 valence electrons. The quantitative estimate of drug-likeness (QED) is 0.771. The first kappa shape index (κ1) is 11.9. The second kappa shape index (κ2) is 3.73. The van der Waals surface area contributed by atoms with E-state index in [1.54, 1.807) is 0 Å². The third-order valence-corrected chi connectivity index (χ3v) is 4.96. The predicted octanol–water partition coefficient (Wildman–Crippen LogP) is 2.27. The normalized spacial score (nSPS) is 40.2. The summed E-state index contributed by atoms with van der Waals surface area (Å²) in [4.78, 5) is 10.5. The van der Waals surface area contributed by atoms with Crippen LogP contribution in [0.2, 0.25) is 0 Å². The maximum Gasteiger partial charge on any atom is 0.304 e. The third-order valence-electron chi connectivity index (χ3n) is 4.96. The summed E-state index contributed by atoms with van der Waals surface area (Å²) in [7, 11) is 0. The minimum Gasteiger partial charge on any atom is -0.481 e. The van der Waals surface area contributed by atoms with Gasteiger partial charge in [0.25, 0.3) is 0 Å². The van der Waals surface area contributed by atoms with Crippen LogP contribution >= 0.6 is 0 Å². The van der Waals surface area contributed by atoms with Crippen molar-refractivity contribution in [2.75, 3.05) is 6.54 Å². The first-order valence-electron chi connectivity index (χ1n) is 6.31. The van der Waals surface area contributed by atoms with Gasteiger partial charge in [0.2, 0.25) is 0 Å². The molecule has 2 aliphatic carbocycles. The number of hydrogen-bond acceptors (Lipinski definition) is 2. The third kappa shape index (κ3) is 1.75. The van der Waals surface area contributed by atoms with Crippen molar-refractivity contribution in [2.45, 2.75) is 52.5 Å². The Morgan fingerprint density at radius 3 is 2.62 bits per heavy atom. The average Bonchev–Trinajstić information content (AvgIpc) is 2.62. The van der Waals surface area contributed by atoms with E-state index in [4.69, 9.17) is 5.11 Å². The molecular weight excluding hydrogens is 202 g/mol. The molecule has 0 aromatic carbocycles. The topological polar surface area (TPSA) is 49.3 Å². The molecule has 0 radical (unpaired) electrons. The molecule has 2 bridgehead atoms. The first-order valence-corrected chi connectivity index (χ1v) is 6.31. The summed E-state index contributed by atoms with van der Waals surface area (Å²) in [5.74, 6) is 0.110. The Morgan fingerprint density at radius 1 is 1.44 bits per heavy atom. The molecule has 3 atom stereocenters. The standard InChI is InChI=1S/C13H23NO2/c1-12(2)9-4-6-13(3,8-9)11(12)14-7-5-10(15)16/h9,11,14H,4-8H2,1-3H3,(H,15,16)/t9-,11?,13+/m0/s1. The molecule has 1 unspecified atom stereocenters. The van der Waals surface area contributed by atoms with Crippen LogP contribution in [0.25, 0.3) is 0 Å². The highest BCUT2D eigenvalue weighted by atomic mass is 16.4. The van der Waals surface area contributed by atoms with Crippen LogP contribution < -0.4 is 5.32 Å². The van der Waals surface area contributed by atoms with Crippen LogP contribution in [0.5, 0.6) is 0 Å². The molecule has 2 rings (SSSR count). The summed E-state index contributed by atoms with van der Waals surface area (Å²) in [5, 5.41) is 12.2. The first-order chi connectivity index (χ1) is 7.36. The predicted molar refractivity (Wildman–Crippen MR) is 63.3 cm³/mol. The largest absolute Gasteiger partial charge is 0.481 e. The zero-order valence-corrected chi connectivity index (χ0v) is 10.5. The van der Waals surface area contributed by atoms with E-state index < -0.39 is 5.97 Å². The zero-order valence-electron chi connectivity index (χ0n) is 10.5. The van der Waals surface area contributed by atoms with Crippen LogP contribution in [-0.4, -0.2) is 23.7 Å². The summed E-state index contributed by atoms with van der Waals surface area (Å²) >= 11 is 0. The molecule has 0 spiro atoms. The SMILES string of the molecule is CC1(C)C(NCCC(=O)O)[C@]2(C)CC[C@H]1C2. The van der Waals surface area contributed by atoms with Crippen molar-refractivity contribution in [3.05, 3.63) is 0 Å². The lowest BCUT2D eigenvalue weighted by Gasteiger charge is -2.43. The number of carboxylic acid groups (broad SMARTS) is 1. The fraction of sp³-hybridized carbons (Fsp3) is 0.923. The number of hydrogen-bond donors (Lipinski definition) is 2. The Morgan fingerprint density at radius 2 is 2.12 bits per heavy atom. The highest BCUT2D eigenvalue weighted by molar-refractivity contribution is 5.66. The average molecular weight is 225 g/mol. The van der Waals surface area contributed by atoms with Crippen LogP contribution in [-0.2, 0) is 4.79 Å². The van der Waals surface area contributed by atoms with Gasteiger partial charge in [-0.1, -0.05) is 20.8 Å². The van der Waals surface area contributed by atoms with Gasteiger partial charge in [-0.2, -0.15) is 0 Å². The maximum absolute atomic E-state index is 10.5. The Labute approximate surface area is 97.6 Å². The molecule has 0 amide bonds. The molecule has 2 saturated carbocycles. The van der Waals surface area contributed by atoms with Crippen LogP contribution in [0, 0.1) is 16.7 Å². The van der Waals surface area contributed by atoms with Crippen LogP contribution in [0.3, 0.4) is 0 Å². The summed E-state index contributed by atoms with van der Waals surface area (Å²) in [6, 6.07) is 0.484. The highest BCUT2D eigenvalue weighted by Gasteiger charge is 2.58. The molecule has 3 nitrogen and oxygen atoms in total. The molecule has 0 saturated heterocycles. The fourth-order valence-electron chi connectivity index (χ4n) is 4.13. The van der Waals surface area contributed by atoms with Crippen molar-refractivity contribution in [1.29, 1.82) is 0 Å². The molecule has 3 heteroatoms. The number of aliphatic carboxylic acids is 1. The van der Waals surface area contributed by atoms with Crippen LogP contribution in [0.1, 0.15) is 46.5 Å². The number of fused-ring (bicyclic) bond motifs is 2. The number of carbonyl (C=O) groups is 1. The van der Waals surface area contributed by atoms with Gasteiger partial charge in [-0.25, -0.2) is 0 Å². The minimum atomic E-state index is -0.710. The molecule has 0 aliphatic heterocycles. The molecule has 0 aromatic rings. The number of carboxylic acids is 1. The smallest absolute Gasteiger partial charge is 0.304 e. The Balaban J connectivity index is 2.00. The fourth-order valence-corrected chi connectivity index (χ4v) is 4.13. The maximum atomic E-state index is 10.5. The summed E-state index contributed by atoms with van der Waals surface area (Å²) in [6.45, 7) is 7.63. The summed E-state index contributed by atoms with van der Waals surface area (Å²) in [6.07, 6.45) is 4.19. The molecule has 2 fully saturated rings. The van der Waals surface area contributed by atoms with Crippen molar-refractivity contribution in [2.24, 2.45) is 16.7 Å². The van der Waals surface area contributed by atoms with E-state index in [1.807, 2.05) is 0 Å². The molecular formula is C13H23NO2. The van der Waals surface area contributed by atoms with E-state index in [-0.39, 0.29) is 6.42 Å². The summed E-state index contributed by atoms with van der Waals surface area (Å²) < 4.78 is 0.